The summed E-state index contributed by atoms with van der Waals surface area (Å²) in [6.45, 7) is 3.22. The molecule has 3 N–H and O–H groups in total. The van der Waals surface area contributed by atoms with Crippen molar-refractivity contribution in [1.82, 2.24) is 4.90 Å². The monoisotopic (exact) mass is 230 g/mol. The molecular formula is C13H18N4. The highest BCUT2D eigenvalue weighted by atomic mass is 15.1. The molecule has 4 nitrogen and oxygen atoms in total. The van der Waals surface area contributed by atoms with Crippen LogP contribution >= 0.6 is 0 Å². The van der Waals surface area contributed by atoms with Gasteiger partial charge in [0.25, 0.3) is 0 Å². The van der Waals surface area contributed by atoms with E-state index in [9.17, 15) is 0 Å². The first kappa shape index (κ1) is 11.7. The van der Waals surface area contributed by atoms with Crippen LogP contribution in [-0.4, -0.2) is 31.6 Å². The van der Waals surface area contributed by atoms with Gasteiger partial charge in [-0.05, 0) is 38.1 Å². The molecule has 1 aliphatic rings. The van der Waals surface area contributed by atoms with Crippen LogP contribution in [0.3, 0.4) is 0 Å². The van der Waals surface area contributed by atoms with Crippen LogP contribution in [0.1, 0.15) is 12.0 Å². The Balaban J connectivity index is 1.98. The maximum absolute atomic E-state index is 8.89. The van der Waals surface area contributed by atoms with Gasteiger partial charge in [-0.15, -0.1) is 0 Å². The van der Waals surface area contributed by atoms with E-state index in [0.717, 1.165) is 18.8 Å². The fourth-order valence-electron chi connectivity index (χ4n) is 2.26. The van der Waals surface area contributed by atoms with Crippen molar-refractivity contribution < 1.29 is 0 Å². The van der Waals surface area contributed by atoms with Gasteiger partial charge in [0.2, 0.25) is 0 Å². The molecule has 1 fully saturated rings. The van der Waals surface area contributed by atoms with E-state index in [-0.39, 0.29) is 0 Å². The fraction of sp³-hybridized carbons (Fsp3) is 0.462. The van der Waals surface area contributed by atoms with Crippen LogP contribution in [0, 0.1) is 17.2 Å². The zero-order chi connectivity index (χ0) is 12.3. The Morgan fingerprint density at radius 1 is 1.59 bits per heavy atom. The molecule has 0 saturated carbocycles. The van der Waals surface area contributed by atoms with Gasteiger partial charge in [0.05, 0.1) is 16.9 Å². The van der Waals surface area contributed by atoms with Gasteiger partial charge in [-0.2, -0.15) is 5.26 Å². The maximum Gasteiger partial charge on any atom is 0.101 e. The number of nitrogens with zero attached hydrogens (tertiary/aromatic N) is 2. The van der Waals surface area contributed by atoms with Crippen LogP contribution in [-0.2, 0) is 0 Å². The van der Waals surface area contributed by atoms with Crippen molar-refractivity contribution in [3.63, 3.8) is 0 Å². The Hall–Kier alpha value is -1.73. The van der Waals surface area contributed by atoms with Gasteiger partial charge in [0.1, 0.15) is 6.07 Å². The number of hydrogen-bond acceptors (Lipinski definition) is 4. The lowest BCUT2D eigenvalue weighted by Crippen LogP contribution is -2.19. The summed E-state index contributed by atoms with van der Waals surface area (Å²) in [5, 5.41) is 12.2. The highest BCUT2D eigenvalue weighted by Crippen LogP contribution is 2.23. The van der Waals surface area contributed by atoms with Gasteiger partial charge in [0.15, 0.2) is 0 Å². The van der Waals surface area contributed by atoms with Crippen LogP contribution in [0.2, 0.25) is 0 Å². The number of nitriles is 1. The van der Waals surface area contributed by atoms with Crippen LogP contribution in [0.5, 0.6) is 0 Å². The van der Waals surface area contributed by atoms with Gasteiger partial charge in [-0.25, -0.2) is 0 Å². The summed E-state index contributed by atoms with van der Waals surface area (Å²) in [6, 6.07) is 7.62. The number of rotatable bonds is 3. The van der Waals surface area contributed by atoms with E-state index < -0.39 is 0 Å². The number of likely N-dealkylation sites (tertiary alicyclic amines) is 1. The van der Waals surface area contributed by atoms with Gasteiger partial charge in [-0.3, -0.25) is 0 Å². The zero-order valence-corrected chi connectivity index (χ0v) is 10.1. The second-order valence-electron chi connectivity index (χ2n) is 4.68. The number of nitrogens with two attached hydrogens (primary N) is 1. The Morgan fingerprint density at radius 2 is 2.41 bits per heavy atom. The van der Waals surface area contributed by atoms with Crippen LogP contribution in [0.25, 0.3) is 0 Å². The summed E-state index contributed by atoms with van der Waals surface area (Å²) in [5.74, 6) is 0.671. The lowest BCUT2D eigenvalue weighted by Gasteiger charge is -2.14. The van der Waals surface area contributed by atoms with E-state index in [1.807, 2.05) is 12.1 Å². The molecule has 2 rings (SSSR count). The molecule has 0 amide bonds. The summed E-state index contributed by atoms with van der Waals surface area (Å²) in [4.78, 5) is 2.33. The first-order valence-corrected chi connectivity index (χ1v) is 5.91. The smallest absolute Gasteiger partial charge is 0.101 e. The largest absolute Gasteiger partial charge is 0.396 e. The molecular weight excluding hydrogens is 212 g/mol. The van der Waals surface area contributed by atoms with Gasteiger partial charge < -0.3 is 16.0 Å². The highest BCUT2D eigenvalue weighted by molar-refractivity contribution is 5.72. The zero-order valence-electron chi connectivity index (χ0n) is 10.1. The number of para-hydroxylation sites is 1. The highest BCUT2D eigenvalue weighted by Gasteiger charge is 2.19. The molecule has 1 heterocycles. The van der Waals surface area contributed by atoms with Crippen molar-refractivity contribution in [3.05, 3.63) is 23.8 Å². The average Bonchev–Trinajstić information content (AvgIpc) is 2.74. The summed E-state index contributed by atoms with van der Waals surface area (Å²) < 4.78 is 0. The molecule has 17 heavy (non-hydrogen) atoms. The van der Waals surface area contributed by atoms with Crippen molar-refractivity contribution in [3.8, 4) is 6.07 Å². The minimum Gasteiger partial charge on any atom is -0.396 e. The number of hydrogen-bond donors (Lipinski definition) is 2. The first-order valence-electron chi connectivity index (χ1n) is 5.91. The van der Waals surface area contributed by atoms with E-state index in [2.05, 4.69) is 23.3 Å². The summed E-state index contributed by atoms with van der Waals surface area (Å²) >= 11 is 0. The third-order valence-corrected chi connectivity index (χ3v) is 3.30. The summed E-state index contributed by atoms with van der Waals surface area (Å²) in [5.41, 5.74) is 7.88. The molecule has 0 aliphatic carbocycles. The van der Waals surface area contributed by atoms with E-state index in [0.29, 0.717) is 17.2 Å². The molecule has 0 spiro atoms. The molecule has 0 aromatic heterocycles. The second-order valence-corrected chi connectivity index (χ2v) is 4.68. The molecule has 0 radical (unpaired) electrons. The van der Waals surface area contributed by atoms with Crippen molar-refractivity contribution in [2.75, 3.05) is 37.7 Å². The quantitative estimate of drug-likeness (QED) is 0.772. The second kappa shape index (κ2) is 5.07. The maximum atomic E-state index is 8.89. The first-order chi connectivity index (χ1) is 8.20. The molecule has 1 saturated heterocycles. The van der Waals surface area contributed by atoms with Crippen molar-refractivity contribution in [1.29, 1.82) is 5.26 Å². The molecule has 4 heteroatoms. The molecule has 0 bridgehead atoms. The molecule has 1 aromatic rings. The third-order valence-electron chi connectivity index (χ3n) is 3.30. The number of anilines is 2. The Labute approximate surface area is 102 Å². The number of nitrogen functional groups attached to an aromatic ring is 1. The average molecular weight is 230 g/mol. The molecule has 1 aromatic carbocycles. The van der Waals surface area contributed by atoms with Crippen molar-refractivity contribution >= 4 is 11.4 Å². The summed E-state index contributed by atoms with van der Waals surface area (Å²) in [6.07, 6.45) is 1.22. The minimum atomic E-state index is 0.540. The van der Waals surface area contributed by atoms with Crippen LogP contribution in [0.4, 0.5) is 11.4 Å². The minimum absolute atomic E-state index is 0.540. The third kappa shape index (κ3) is 2.69. The van der Waals surface area contributed by atoms with Crippen LogP contribution < -0.4 is 11.1 Å². The van der Waals surface area contributed by atoms with Gasteiger partial charge >= 0.3 is 0 Å². The predicted octanol–water partition coefficient (Wildman–Crippen LogP) is 1.50. The number of benzene rings is 1. The van der Waals surface area contributed by atoms with E-state index in [1.165, 1.54) is 13.0 Å². The van der Waals surface area contributed by atoms with Crippen LogP contribution in [0.15, 0.2) is 18.2 Å². The summed E-state index contributed by atoms with van der Waals surface area (Å²) in [7, 11) is 2.14. The number of nitrogens with one attached hydrogen (secondary N) is 1. The molecule has 1 atom stereocenters. The molecule has 1 aliphatic heterocycles. The van der Waals surface area contributed by atoms with Gasteiger partial charge in [-0.1, -0.05) is 6.07 Å². The lowest BCUT2D eigenvalue weighted by molar-refractivity contribution is 0.399. The topological polar surface area (TPSA) is 65.1 Å². The SMILES string of the molecule is CN1CCC(CNc2cccc(C#N)c2N)C1. The molecule has 90 valence electrons. The fourth-order valence-corrected chi connectivity index (χ4v) is 2.26. The normalized spacial score (nSPS) is 20.1. The van der Waals surface area contributed by atoms with Crippen molar-refractivity contribution in [2.45, 2.75) is 6.42 Å². The Kier molecular flexibility index (Phi) is 3.50. The van der Waals surface area contributed by atoms with Crippen molar-refractivity contribution in [2.24, 2.45) is 5.92 Å². The predicted molar refractivity (Wildman–Crippen MR) is 69.7 cm³/mol. The van der Waals surface area contributed by atoms with E-state index >= 15 is 0 Å². The van der Waals surface area contributed by atoms with E-state index in [1.54, 1.807) is 6.07 Å². The molecule has 1 unspecified atom stereocenters. The van der Waals surface area contributed by atoms with Gasteiger partial charge in [0, 0.05) is 13.1 Å². The van der Waals surface area contributed by atoms with E-state index in [4.69, 9.17) is 11.0 Å². The Morgan fingerprint density at radius 3 is 3.06 bits per heavy atom. The lowest BCUT2D eigenvalue weighted by atomic mass is 10.1. The Bertz CT molecular complexity index is 436. The standard InChI is InChI=1S/C13H18N4/c1-17-6-5-10(9-17)8-16-12-4-2-3-11(7-14)13(12)15/h2-4,10,16H,5-6,8-9,15H2,1H3.